The van der Waals surface area contributed by atoms with Crippen LogP contribution in [0, 0.1) is 18.2 Å². The quantitative estimate of drug-likeness (QED) is 0.917. The number of aliphatic imine (C=N–C) groups is 1. The summed E-state index contributed by atoms with van der Waals surface area (Å²) < 4.78 is 13.0. The van der Waals surface area contributed by atoms with E-state index in [0.29, 0.717) is 5.41 Å². The highest BCUT2D eigenvalue weighted by Crippen LogP contribution is 2.26. The van der Waals surface area contributed by atoms with Crippen LogP contribution in [0.3, 0.4) is 0 Å². The Bertz CT molecular complexity index is 483. The summed E-state index contributed by atoms with van der Waals surface area (Å²) >= 11 is 1.79. The highest BCUT2D eigenvalue weighted by molar-refractivity contribution is 8.13. The summed E-state index contributed by atoms with van der Waals surface area (Å²) in [5.41, 5.74) is 2.51. The van der Waals surface area contributed by atoms with Crippen LogP contribution in [0.25, 0.3) is 0 Å². The average molecular weight is 280 g/mol. The van der Waals surface area contributed by atoms with Crippen LogP contribution in [0.15, 0.2) is 23.2 Å². The second-order valence-electron chi connectivity index (χ2n) is 5.82. The molecule has 0 spiro atoms. The van der Waals surface area contributed by atoms with Crippen LogP contribution in [-0.4, -0.2) is 24.0 Å². The smallest absolute Gasteiger partial charge is 0.156 e. The number of nitrogens with zero attached hydrogens (tertiary/aromatic N) is 1. The predicted octanol–water partition coefficient (Wildman–Crippen LogP) is 3.40. The molecular weight excluding hydrogens is 259 g/mol. The van der Waals surface area contributed by atoms with Gasteiger partial charge in [-0.1, -0.05) is 31.7 Å². The molecule has 19 heavy (non-hydrogen) atoms. The van der Waals surface area contributed by atoms with E-state index in [1.807, 2.05) is 13.0 Å². The van der Waals surface area contributed by atoms with Crippen LogP contribution >= 0.6 is 11.8 Å². The summed E-state index contributed by atoms with van der Waals surface area (Å²) in [4.78, 5) is 4.56. The van der Waals surface area contributed by atoms with E-state index in [0.717, 1.165) is 36.0 Å². The predicted molar refractivity (Wildman–Crippen MR) is 81.4 cm³/mol. The number of halogens is 1. The van der Waals surface area contributed by atoms with Crippen LogP contribution in [0.2, 0.25) is 0 Å². The second-order valence-corrected chi connectivity index (χ2v) is 6.79. The van der Waals surface area contributed by atoms with Gasteiger partial charge in [-0.25, -0.2) is 4.39 Å². The number of benzene rings is 1. The van der Waals surface area contributed by atoms with Crippen molar-refractivity contribution in [2.45, 2.75) is 27.2 Å². The van der Waals surface area contributed by atoms with Gasteiger partial charge in [0.15, 0.2) is 5.17 Å². The average Bonchev–Trinajstić information content (AvgIpc) is 2.34. The van der Waals surface area contributed by atoms with Gasteiger partial charge in [0.2, 0.25) is 0 Å². The molecule has 0 radical (unpaired) electrons. The van der Waals surface area contributed by atoms with E-state index in [9.17, 15) is 4.39 Å². The maximum Gasteiger partial charge on any atom is 0.156 e. The van der Waals surface area contributed by atoms with Gasteiger partial charge in [-0.3, -0.25) is 4.99 Å². The topological polar surface area (TPSA) is 24.4 Å². The van der Waals surface area contributed by atoms with Crippen LogP contribution in [0.5, 0.6) is 0 Å². The van der Waals surface area contributed by atoms with Gasteiger partial charge in [-0.15, -0.1) is 0 Å². The van der Waals surface area contributed by atoms with Crippen molar-refractivity contribution in [2.75, 3.05) is 18.8 Å². The molecule has 1 N–H and O–H groups in total. The highest BCUT2D eigenvalue weighted by atomic mass is 32.2. The van der Waals surface area contributed by atoms with Gasteiger partial charge in [0, 0.05) is 18.8 Å². The second kappa shape index (κ2) is 5.95. The third kappa shape index (κ3) is 4.23. The number of hydrogen-bond donors (Lipinski definition) is 1. The van der Waals surface area contributed by atoms with Gasteiger partial charge in [0.1, 0.15) is 5.82 Å². The minimum absolute atomic E-state index is 0.163. The molecule has 0 unspecified atom stereocenters. The number of nitrogens with one attached hydrogen (secondary N) is 1. The summed E-state index contributed by atoms with van der Waals surface area (Å²) in [6.07, 6.45) is 0.898. The Hall–Kier alpha value is -1.03. The van der Waals surface area contributed by atoms with E-state index in [-0.39, 0.29) is 5.82 Å². The van der Waals surface area contributed by atoms with E-state index < -0.39 is 0 Å². The molecule has 0 atom stereocenters. The zero-order valence-corrected chi connectivity index (χ0v) is 12.6. The summed E-state index contributed by atoms with van der Waals surface area (Å²) in [5.74, 6) is 0.942. The molecule has 1 aromatic carbocycles. The van der Waals surface area contributed by atoms with Crippen LogP contribution in [0.1, 0.15) is 25.0 Å². The standard InChI is InChI=1S/C15H21FN2S/c1-11-8-13(16)5-4-12(11)6-7-17-14-18-9-15(2,3)10-19-14/h4-5,8H,6-7,9-10H2,1-3H3,(H,17,18). The minimum Gasteiger partial charge on any atom is -0.365 e. The lowest BCUT2D eigenvalue weighted by Crippen LogP contribution is -2.32. The molecule has 104 valence electrons. The maximum atomic E-state index is 13.0. The van der Waals surface area contributed by atoms with Gasteiger partial charge in [0.05, 0.1) is 0 Å². The summed E-state index contributed by atoms with van der Waals surface area (Å²) in [5, 5.41) is 4.41. The first-order chi connectivity index (χ1) is 8.96. The SMILES string of the molecule is Cc1cc(F)ccc1CCNC1=NCC(C)(C)CS1. The molecule has 0 aliphatic carbocycles. The molecule has 2 nitrogen and oxygen atoms in total. The molecule has 0 aromatic heterocycles. The van der Waals surface area contributed by atoms with Gasteiger partial charge >= 0.3 is 0 Å². The lowest BCUT2D eigenvalue weighted by Gasteiger charge is -2.27. The molecule has 2 rings (SSSR count). The molecule has 1 aliphatic rings. The van der Waals surface area contributed by atoms with Gasteiger partial charge in [-0.2, -0.15) is 0 Å². The lowest BCUT2D eigenvalue weighted by molar-refractivity contribution is 0.437. The molecule has 1 aromatic rings. The molecule has 0 bridgehead atoms. The number of aryl methyl sites for hydroxylation is 1. The number of hydrogen-bond acceptors (Lipinski definition) is 3. The van der Waals surface area contributed by atoms with E-state index in [2.05, 4.69) is 24.2 Å². The Morgan fingerprint density at radius 1 is 1.42 bits per heavy atom. The van der Waals surface area contributed by atoms with Crippen molar-refractivity contribution in [2.24, 2.45) is 10.4 Å². The van der Waals surface area contributed by atoms with Gasteiger partial charge < -0.3 is 5.32 Å². The fourth-order valence-corrected chi connectivity index (χ4v) is 2.97. The molecule has 1 aliphatic heterocycles. The maximum absolute atomic E-state index is 13.0. The van der Waals surface area contributed by atoms with Crippen LogP contribution < -0.4 is 5.32 Å². The van der Waals surface area contributed by atoms with Crippen LogP contribution in [-0.2, 0) is 6.42 Å². The summed E-state index contributed by atoms with van der Waals surface area (Å²) in [6, 6.07) is 4.98. The number of amidine groups is 1. The highest BCUT2D eigenvalue weighted by Gasteiger charge is 2.22. The molecule has 0 amide bonds. The van der Waals surface area contributed by atoms with Crippen molar-refractivity contribution >= 4 is 16.9 Å². The first-order valence-corrected chi connectivity index (χ1v) is 7.61. The van der Waals surface area contributed by atoms with Crippen molar-refractivity contribution < 1.29 is 4.39 Å². The minimum atomic E-state index is -0.163. The Morgan fingerprint density at radius 3 is 2.84 bits per heavy atom. The molecule has 4 heteroatoms. The van der Waals surface area contributed by atoms with Gasteiger partial charge in [-0.05, 0) is 42.0 Å². The zero-order valence-electron chi connectivity index (χ0n) is 11.8. The Balaban J connectivity index is 1.82. The van der Waals surface area contributed by atoms with E-state index in [1.54, 1.807) is 17.8 Å². The summed E-state index contributed by atoms with van der Waals surface area (Å²) in [6.45, 7) is 8.16. The Kier molecular flexibility index (Phi) is 4.50. The number of thioether (sulfide) groups is 1. The Labute approximate surface area is 118 Å². The van der Waals surface area contributed by atoms with Crippen LogP contribution in [0.4, 0.5) is 4.39 Å². The first kappa shape index (κ1) is 14.4. The van der Waals surface area contributed by atoms with Crippen molar-refractivity contribution in [3.05, 3.63) is 35.1 Å². The van der Waals surface area contributed by atoms with Gasteiger partial charge in [0.25, 0.3) is 0 Å². The van der Waals surface area contributed by atoms with E-state index >= 15 is 0 Å². The fraction of sp³-hybridized carbons (Fsp3) is 0.533. The van der Waals surface area contributed by atoms with E-state index in [4.69, 9.17) is 0 Å². The van der Waals surface area contributed by atoms with Crippen molar-refractivity contribution in [1.82, 2.24) is 5.32 Å². The van der Waals surface area contributed by atoms with Crippen molar-refractivity contribution in [3.63, 3.8) is 0 Å². The number of rotatable bonds is 3. The van der Waals surface area contributed by atoms with E-state index in [1.165, 1.54) is 11.6 Å². The molecule has 0 fully saturated rings. The molecular formula is C15H21FN2S. The Morgan fingerprint density at radius 2 is 2.21 bits per heavy atom. The third-order valence-electron chi connectivity index (χ3n) is 3.23. The molecule has 0 saturated heterocycles. The molecule has 0 saturated carbocycles. The third-order valence-corrected chi connectivity index (χ3v) is 4.70. The first-order valence-electron chi connectivity index (χ1n) is 6.62. The van der Waals surface area contributed by atoms with Crippen molar-refractivity contribution in [1.29, 1.82) is 0 Å². The lowest BCUT2D eigenvalue weighted by atomic mass is 9.97. The summed E-state index contributed by atoms with van der Waals surface area (Å²) in [7, 11) is 0. The molecule has 1 heterocycles. The van der Waals surface area contributed by atoms with Crippen molar-refractivity contribution in [3.8, 4) is 0 Å². The normalized spacial score (nSPS) is 18.0. The fourth-order valence-electron chi connectivity index (χ4n) is 1.99. The monoisotopic (exact) mass is 280 g/mol. The zero-order chi connectivity index (χ0) is 13.9. The largest absolute Gasteiger partial charge is 0.365 e.